The molecule has 0 atom stereocenters. The van der Waals surface area contributed by atoms with Crippen molar-refractivity contribution in [1.29, 1.82) is 0 Å². The fourth-order valence-electron chi connectivity index (χ4n) is 3.87. The van der Waals surface area contributed by atoms with E-state index >= 15 is 0 Å². The Bertz CT molecular complexity index is 2010. The molecule has 3 N–H and O–H groups in total. The van der Waals surface area contributed by atoms with Crippen molar-refractivity contribution in [2.75, 3.05) is 7.11 Å². The molecule has 0 spiro atoms. The number of halogens is 9. The van der Waals surface area contributed by atoms with E-state index in [4.69, 9.17) is 37.9 Å². The maximum atomic E-state index is 13.7. The molecule has 2 amide bonds. The van der Waals surface area contributed by atoms with E-state index in [0.717, 1.165) is 49.6 Å². The molecule has 0 aliphatic rings. The number of hydroxylamine groups is 2. The predicted octanol–water partition coefficient (Wildman–Crippen LogP) is 8.67. The van der Waals surface area contributed by atoms with E-state index < -0.39 is 89.3 Å². The molecule has 4 aromatic carbocycles. The number of hydrogen-bond donors (Lipinski definition) is 3. The predicted molar refractivity (Wildman–Crippen MR) is 163 cm³/mol. The second kappa shape index (κ2) is 16.5. The third kappa shape index (κ3) is 10.2. The molecule has 0 aliphatic heterocycles. The Labute approximate surface area is 294 Å². The van der Waals surface area contributed by atoms with Gasteiger partial charge in [0, 0.05) is 24.3 Å². The van der Waals surface area contributed by atoms with Gasteiger partial charge in [-0.1, -0.05) is 23.2 Å². The van der Waals surface area contributed by atoms with E-state index in [1.54, 1.807) is 0 Å². The van der Waals surface area contributed by atoms with Crippen molar-refractivity contribution >= 4 is 46.4 Å². The molecule has 0 aromatic heterocycles. The number of alkyl halides is 6. The zero-order valence-electron chi connectivity index (χ0n) is 25.3. The van der Waals surface area contributed by atoms with Gasteiger partial charge in [-0.15, -0.1) is 0 Å². The van der Waals surface area contributed by atoms with Gasteiger partial charge in [0.25, 0.3) is 23.2 Å². The lowest BCUT2D eigenvalue weighted by Gasteiger charge is -2.13. The van der Waals surface area contributed by atoms with Gasteiger partial charge in [-0.3, -0.25) is 39.9 Å². The van der Waals surface area contributed by atoms with Gasteiger partial charge in [0.15, 0.2) is 17.3 Å². The average molecular weight is 785 g/mol. The maximum Gasteiger partial charge on any atom is 0.416 e. The Morgan fingerprint density at radius 3 is 1.63 bits per heavy atom. The molecule has 0 saturated carbocycles. The average Bonchev–Trinajstić information content (AvgIpc) is 3.06. The van der Waals surface area contributed by atoms with Crippen LogP contribution in [-0.4, -0.2) is 34.0 Å². The van der Waals surface area contributed by atoms with Gasteiger partial charge in [-0.2, -0.15) is 26.3 Å². The number of carbonyl (C=O) groups excluding carboxylic acids is 2. The number of rotatable bonds is 9. The van der Waals surface area contributed by atoms with Crippen LogP contribution in [0, 0.1) is 26.0 Å². The molecule has 23 heteroatoms. The Morgan fingerprint density at radius 1 is 0.731 bits per heavy atom. The Hall–Kier alpha value is -5.77. The summed E-state index contributed by atoms with van der Waals surface area (Å²) < 4.78 is 99.9. The summed E-state index contributed by atoms with van der Waals surface area (Å²) in [5.41, 5.74) is -1.36. The van der Waals surface area contributed by atoms with Crippen molar-refractivity contribution in [3.8, 4) is 23.0 Å². The summed E-state index contributed by atoms with van der Waals surface area (Å²) in [6.07, 6.45) is -9.40. The lowest BCUT2D eigenvalue weighted by molar-refractivity contribution is -0.385. The lowest BCUT2D eigenvalue weighted by Crippen LogP contribution is -2.22. The fraction of sp³-hybridized carbons (Fsp3) is 0.103. The van der Waals surface area contributed by atoms with Crippen molar-refractivity contribution in [1.82, 2.24) is 11.0 Å². The summed E-state index contributed by atoms with van der Waals surface area (Å²) in [6, 6.07) is 8.60. The number of nitro benzene ring substituents is 2. The molecule has 276 valence electrons. The van der Waals surface area contributed by atoms with Crippen LogP contribution in [0.3, 0.4) is 0 Å². The molecular weight excluding hydrogens is 768 g/mol. The first-order valence-electron chi connectivity index (χ1n) is 13.3. The second-order valence-corrected chi connectivity index (χ2v) is 10.4. The topological polar surface area (TPSA) is 192 Å². The number of ether oxygens (including phenoxy) is 2. The molecule has 0 unspecified atom stereocenters. The molecule has 52 heavy (non-hydrogen) atoms. The first kappa shape index (κ1) is 40.7. The standard InChI is InChI=1S/C15H9Cl2F3N2O5.C14H8F4N2O5/c1-26-21-14(23)9-6-8(2-3-12(9)22(24)25)27-13-10(16)4-7(5-11(13)17)15(18,19)20;15-10-5-7(14(16,17)18)1-4-12(10)25-8-2-3-11(20(23)24)9(6-8)13(21)19-22/h2-6H,1H3,(H,21,23);1-6,22H,(H,19,21). The van der Waals surface area contributed by atoms with Gasteiger partial charge in [-0.05, 0) is 42.5 Å². The van der Waals surface area contributed by atoms with Gasteiger partial charge in [0.1, 0.15) is 22.6 Å². The summed E-state index contributed by atoms with van der Waals surface area (Å²) in [6.45, 7) is 0. The number of carbonyl (C=O) groups is 2. The minimum Gasteiger partial charge on any atom is -0.454 e. The molecule has 0 radical (unpaired) electrons. The van der Waals surface area contributed by atoms with Crippen LogP contribution in [0.2, 0.25) is 10.0 Å². The van der Waals surface area contributed by atoms with Gasteiger partial charge >= 0.3 is 12.4 Å². The minimum atomic E-state index is -4.74. The van der Waals surface area contributed by atoms with Crippen molar-refractivity contribution in [2.45, 2.75) is 12.4 Å². The van der Waals surface area contributed by atoms with Crippen LogP contribution in [0.4, 0.5) is 42.1 Å². The smallest absolute Gasteiger partial charge is 0.416 e. The number of benzene rings is 4. The first-order valence-corrected chi connectivity index (χ1v) is 14.1. The lowest BCUT2D eigenvalue weighted by atomic mass is 10.1. The van der Waals surface area contributed by atoms with Crippen LogP contribution in [0.1, 0.15) is 31.8 Å². The fourth-order valence-corrected chi connectivity index (χ4v) is 4.44. The number of nitrogens with one attached hydrogen (secondary N) is 2. The van der Waals surface area contributed by atoms with Crippen molar-refractivity contribution in [3.05, 3.63) is 125 Å². The van der Waals surface area contributed by atoms with Gasteiger partial charge in [-0.25, -0.2) is 15.4 Å². The molecule has 14 nitrogen and oxygen atoms in total. The summed E-state index contributed by atoms with van der Waals surface area (Å²) >= 11 is 11.6. The van der Waals surface area contributed by atoms with Crippen molar-refractivity contribution in [2.24, 2.45) is 0 Å². The number of amides is 2. The van der Waals surface area contributed by atoms with Crippen LogP contribution in [0.25, 0.3) is 0 Å². The van der Waals surface area contributed by atoms with Crippen LogP contribution in [-0.2, 0) is 17.2 Å². The minimum absolute atomic E-state index is 0.120. The third-order valence-corrected chi connectivity index (χ3v) is 6.71. The van der Waals surface area contributed by atoms with E-state index in [0.29, 0.717) is 18.2 Å². The van der Waals surface area contributed by atoms with E-state index in [-0.39, 0.29) is 23.3 Å². The highest BCUT2D eigenvalue weighted by Crippen LogP contribution is 2.42. The second-order valence-electron chi connectivity index (χ2n) is 9.56. The van der Waals surface area contributed by atoms with Crippen LogP contribution < -0.4 is 20.4 Å². The normalized spacial score (nSPS) is 11.1. The van der Waals surface area contributed by atoms with Gasteiger partial charge in [0.2, 0.25) is 0 Å². The van der Waals surface area contributed by atoms with Crippen molar-refractivity contribution < 1.29 is 69.7 Å². The maximum absolute atomic E-state index is 13.7. The van der Waals surface area contributed by atoms with E-state index in [2.05, 4.69) is 4.84 Å². The SMILES string of the molecule is CONC(=O)c1cc(Oc2c(Cl)cc(C(F)(F)F)cc2Cl)ccc1[N+](=O)[O-].O=C(NO)c1cc(Oc2ccc(C(F)(F)F)cc2F)ccc1[N+](=O)[O-]. The monoisotopic (exact) mass is 784 g/mol. The Morgan fingerprint density at radius 2 is 1.21 bits per heavy atom. The summed E-state index contributed by atoms with van der Waals surface area (Å²) in [4.78, 5) is 47.9. The highest BCUT2D eigenvalue weighted by molar-refractivity contribution is 6.37. The molecule has 0 fully saturated rings. The molecule has 0 heterocycles. The molecular formula is C29H17Cl2F7N4O10. The zero-order chi connectivity index (χ0) is 39.1. The van der Waals surface area contributed by atoms with Crippen LogP contribution in [0.5, 0.6) is 23.0 Å². The quantitative estimate of drug-likeness (QED) is 0.0640. The number of nitrogens with zero attached hydrogens (tertiary/aromatic N) is 2. The summed E-state index contributed by atoms with van der Waals surface area (Å²) in [7, 11) is 1.13. The first-order chi connectivity index (χ1) is 24.2. The van der Waals surface area contributed by atoms with Gasteiger partial charge < -0.3 is 9.47 Å². The van der Waals surface area contributed by atoms with E-state index in [1.807, 2.05) is 5.48 Å². The summed E-state index contributed by atoms with van der Waals surface area (Å²) in [5.74, 6) is -4.74. The zero-order valence-corrected chi connectivity index (χ0v) is 26.8. The highest BCUT2D eigenvalue weighted by Gasteiger charge is 2.33. The Kier molecular flexibility index (Phi) is 12.9. The largest absolute Gasteiger partial charge is 0.454 e. The third-order valence-electron chi connectivity index (χ3n) is 6.15. The highest BCUT2D eigenvalue weighted by atomic mass is 35.5. The van der Waals surface area contributed by atoms with Crippen molar-refractivity contribution in [3.63, 3.8) is 0 Å². The number of nitro groups is 2. The van der Waals surface area contributed by atoms with Crippen LogP contribution >= 0.6 is 23.2 Å². The molecule has 0 bridgehead atoms. The Balaban J connectivity index is 0.000000281. The summed E-state index contributed by atoms with van der Waals surface area (Å²) in [5, 5.41) is 29.6. The molecule has 4 aromatic rings. The molecule has 0 saturated heterocycles. The van der Waals surface area contributed by atoms with E-state index in [1.165, 1.54) is 5.48 Å². The van der Waals surface area contributed by atoms with Crippen LogP contribution in [0.15, 0.2) is 66.7 Å². The molecule has 0 aliphatic carbocycles. The van der Waals surface area contributed by atoms with E-state index in [9.17, 15) is 60.6 Å². The number of hydrogen-bond acceptors (Lipinski definition) is 10. The van der Waals surface area contributed by atoms with Gasteiger partial charge in [0.05, 0.1) is 38.1 Å². The molecule has 4 rings (SSSR count).